The molecule has 0 spiro atoms. The molecule has 0 atom stereocenters. The van der Waals surface area contributed by atoms with Crippen molar-refractivity contribution in [3.8, 4) is 0 Å². The maximum Gasteiger partial charge on any atom is 0.225 e. The summed E-state index contributed by atoms with van der Waals surface area (Å²) in [5.41, 5.74) is 0. The van der Waals surface area contributed by atoms with Gasteiger partial charge in [0.05, 0.1) is 0 Å². The Morgan fingerprint density at radius 2 is 2.00 bits per heavy atom. The maximum atomic E-state index is 11.7. The number of carbonyl (C=O) groups excluding carboxylic acids is 1. The zero-order valence-corrected chi connectivity index (χ0v) is 9.46. The van der Waals surface area contributed by atoms with Gasteiger partial charge in [-0.05, 0) is 25.7 Å². The zero-order valence-electron chi connectivity index (χ0n) is 9.46. The quantitative estimate of drug-likeness (QED) is 0.676. The van der Waals surface area contributed by atoms with Crippen molar-refractivity contribution in [3.05, 3.63) is 6.92 Å². The summed E-state index contributed by atoms with van der Waals surface area (Å²) < 4.78 is 0. The Morgan fingerprint density at radius 3 is 2.43 bits per heavy atom. The fourth-order valence-electron chi connectivity index (χ4n) is 2.16. The van der Waals surface area contributed by atoms with Gasteiger partial charge in [0, 0.05) is 19.0 Å². The zero-order chi connectivity index (χ0) is 10.6. The van der Waals surface area contributed by atoms with Crippen molar-refractivity contribution in [1.29, 1.82) is 0 Å². The van der Waals surface area contributed by atoms with E-state index in [1.165, 1.54) is 25.7 Å². The number of nitrogens with zero attached hydrogens (tertiary/aromatic N) is 1. The molecule has 1 rings (SSSR count). The van der Waals surface area contributed by atoms with Gasteiger partial charge in [0.15, 0.2) is 0 Å². The van der Waals surface area contributed by atoms with E-state index in [0.717, 1.165) is 12.5 Å². The third-order valence-corrected chi connectivity index (χ3v) is 3.03. The molecule has 0 aromatic carbocycles. The second-order valence-electron chi connectivity index (χ2n) is 4.59. The Morgan fingerprint density at radius 1 is 1.43 bits per heavy atom. The van der Waals surface area contributed by atoms with Crippen molar-refractivity contribution in [1.82, 2.24) is 4.90 Å². The number of rotatable bonds is 4. The molecule has 14 heavy (non-hydrogen) atoms. The van der Waals surface area contributed by atoms with E-state index >= 15 is 0 Å². The first-order valence-corrected chi connectivity index (χ1v) is 5.73. The molecule has 1 aliphatic rings. The molecule has 2 heteroatoms. The smallest absolute Gasteiger partial charge is 0.225 e. The Labute approximate surface area is 87.7 Å². The van der Waals surface area contributed by atoms with Gasteiger partial charge < -0.3 is 4.90 Å². The highest BCUT2D eigenvalue weighted by molar-refractivity contribution is 5.78. The van der Waals surface area contributed by atoms with E-state index in [0.29, 0.717) is 6.54 Å². The van der Waals surface area contributed by atoms with Crippen LogP contribution in [0.15, 0.2) is 0 Å². The van der Waals surface area contributed by atoms with Crippen molar-refractivity contribution >= 4 is 5.91 Å². The largest absolute Gasteiger partial charge is 0.342 e. The number of hydrogen-bond acceptors (Lipinski definition) is 1. The van der Waals surface area contributed by atoms with Crippen LogP contribution < -0.4 is 0 Å². The molecule has 0 heterocycles. The predicted molar refractivity (Wildman–Crippen MR) is 58.7 cm³/mol. The van der Waals surface area contributed by atoms with Gasteiger partial charge in [-0.1, -0.05) is 26.7 Å². The van der Waals surface area contributed by atoms with Crippen LogP contribution in [0.2, 0.25) is 0 Å². The van der Waals surface area contributed by atoms with Gasteiger partial charge in [0.1, 0.15) is 0 Å². The summed E-state index contributed by atoms with van der Waals surface area (Å²) >= 11 is 0. The SMILES string of the molecule is [CH2]CN(CC1CCCC1)C(=O)C(C)C. The summed E-state index contributed by atoms with van der Waals surface area (Å²) in [6.07, 6.45) is 5.26. The third-order valence-electron chi connectivity index (χ3n) is 3.03. The summed E-state index contributed by atoms with van der Waals surface area (Å²) in [5, 5.41) is 0. The Balaban J connectivity index is 2.41. The lowest BCUT2D eigenvalue weighted by Crippen LogP contribution is -2.37. The monoisotopic (exact) mass is 196 g/mol. The van der Waals surface area contributed by atoms with Crippen molar-refractivity contribution < 1.29 is 4.79 Å². The van der Waals surface area contributed by atoms with Crippen LogP contribution in [-0.4, -0.2) is 23.9 Å². The molecular formula is C12H22NO. The molecule has 0 saturated heterocycles. The minimum Gasteiger partial charge on any atom is -0.342 e. The highest BCUT2D eigenvalue weighted by Gasteiger charge is 2.22. The molecule has 1 radical (unpaired) electrons. The van der Waals surface area contributed by atoms with E-state index < -0.39 is 0 Å². The van der Waals surface area contributed by atoms with Crippen LogP contribution in [-0.2, 0) is 4.79 Å². The second-order valence-corrected chi connectivity index (χ2v) is 4.59. The van der Waals surface area contributed by atoms with Gasteiger partial charge in [0.25, 0.3) is 0 Å². The predicted octanol–water partition coefficient (Wildman–Crippen LogP) is 2.50. The van der Waals surface area contributed by atoms with Crippen LogP contribution in [0, 0.1) is 18.8 Å². The van der Waals surface area contributed by atoms with E-state index in [4.69, 9.17) is 0 Å². The van der Waals surface area contributed by atoms with E-state index in [-0.39, 0.29) is 11.8 Å². The van der Waals surface area contributed by atoms with Crippen molar-refractivity contribution in [2.45, 2.75) is 39.5 Å². The molecule has 2 nitrogen and oxygen atoms in total. The minimum absolute atomic E-state index is 0.109. The van der Waals surface area contributed by atoms with Gasteiger partial charge in [0.2, 0.25) is 5.91 Å². The number of carbonyl (C=O) groups is 1. The van der Waals surface area contributed by atoms with Crippen molar-refractivity contribution in [2.24, 2.45) is 11.8 Å². The molecule has 1 fully saturated rings. The van der Waals surface area contributed by atoms with Crippen LogP contribution >= 0.6 is 0 Å². The molecule has 81 valence electrons. The Kier molecular flexibility index (Phi) is 4.43. The highest BCUT2D eigenvalue weighted by Crippen LogP contribution is 2.25. The molecule has 0 bridgehead atoms. The Hall–Kier alpha value is -0.530. The van der Waals surface area contributed by atoms with Crippen LogP contribution in [0.3, 0.4) is 0 Å². The summed E-state index contributed by atoms with van der Waals surface area (Å²) in [5.74, 6) is 1.10. The summed E-state index contributed by atoms with van der Waals surface area (Å²) in [7, 11) is 0. The van der Waals surface area contributed by atoms with Crippen LogP contribution in [0.5, 0.6) is 0 Å². The first-order chi connectivity index (χ1) is 6.65. The highest BCUT2D eigenvalue weighted by atomic mass is 16.2. The van der Waals surface area contributed by atoms with E-state index in [2.05, 4.69) is 6.92 Å². The summed E-state index contributed by atoms with van der Waals surface area (Å²) in [4.78, 5) is 13.7. The van der Waals surface area contributed by atoms with Crippen LogP contribution in [0.1, 0.15) is 39.5 Å². The second kappa shape index (κ2) is 5.38. The van der Waals surface area contributed by atoms with Gasteiger partial charge in [-0.3, -0.25) is 4.79 Å². The molecular weight excluding hydrogens is 174 g/mol. The maximum absolute atomic E-state index is 11.7. The van der Waals surface area contributed by atoms with Gasteiger partial charge in [-0.25, -0.2) is 0 Å². The van der Waals surface area contributed by atoms with E-state index in [1.54, 1.807) is 0 Å². The lowest BCUT2D eigenvalue weighted by molar-refractivity contribution is -0.134. The lowest BCUT2D eigenvalue weighted by atomic mass is 10.1. The first-order valence-electron chi connectivity index (χ1n) is 5.73. The molecule has 1 amide bonds. The fraction of sp³-hybridized carbons (Fsp3) is 0.833. The third kappa shape index (κ3) is 3.00. The van der Waals surface area contributed by atoms with Crippen molar-refractivity contribution in [2.75, 3.05) is 13.1 Å². The van der Waals surface area contributed by atoms with Gasteiger partial charge >= 0.3 is 0 Å². The molecule has 0 unspecified atom stereocenters. The number of hydrogen-bond donors (Lipinski definition) is 0. The summed E-state index contributed by atoms with van der Waals surface area (Å²) in [6.45, 7) is 9.30. The first kappa shape index (κ1) is 11.5. The van der Waals surface area contributed by atoms with Crippen LogP contribution in [0.25, 0.3) is 0 Å². The van der Waals surface area contributed by atoms with Crippen molar-refractivity contribution in [3.63, 3.8) is 0 Å². The number of amides is 1. The topological polar surface area (TPSA) is 20.3 Å². The molecule has 0 aliphatic heterocycles. The lowest BCUT2D eigenvalue weighted by Gasteiger charge is -2.25. The summed E-state index contributed by atoms with van der Waals surface area (Å²) in [6, 6.07) is 0. The molecule has 0 aromatic rings. The minimum atomic E-state index is 0.109. The van der Waals surface area contributed by atoms with Crippen LogP contribution in [0.4, 0.5) is 0 Å². The normalized spacial score (nSPS) is 17.7. The van der Waals surface area contributed by atoms with Gasteiger partial charge in [-0.2, -0.15) is 0 Å². The molecule has 0 N–H and O–H groups in total. The fourth-order valence-corrected chi connectivity index (χ4v) is 2.16. The average Bonchev–Trinajstić information content (AvgIpc) is 2.65. The average molecular weight is 196 g/mol. The molecule has 1 saturated carbocycles. The van der Waals surface area contributed by atoms with E-state index in [9.17, 15) is 4.79 Å². The van der Waals surface area contributed by atoms with Gasteiger partial charge in [-0.15, -0.1) is 0 Å². The molecule has 1 aliphatic carbocycles. The molecule has 0 aromatic heterocycles. The van der Waals surface area contributed by atoms with E-state index in [1.807, 2.05) is 18.7 Å². The Bertz CT molecular complexity index is 183. The standard InChI is InChI=1S/C12H22NO/c1-4-13(12(14)10(2)3)9-11-7-5-6-8-11/h10-11H,1,4-9H2,2-3H3.